The molecule has 2 unspecified atom stereocenters. The molecule has 0 rings (SSSR count). The zero-order chi connectivity index (χ0) is 13.3. The first kappa shape index (κ1) is 16.7. The van der Waals surface area contributed by atoms with Crippen LogP contribution in [0.15, 0.2) is 24.8 Å². The summed E-state index contributed by atoms with van der Waals surface area (Å²) in [5.41, 5.74) is 0.764. The summed E-state index contributed by atoms with van der Waals surface area (Å²) in [6.07, 6.45) is 7.22. The van der Waals surface area contributed by atoms with E-state index in [4.69, 9.17) is 16.3 Å². The minimum absolute atomic E-state index is 0.0357. The molecule has 17 heavy (non-hydrogen) atoms. The summed E-state index contributed by atoms with van der Waals surface area (Å²) in [5, 5.41) is 0.0357. The molecule has 0 aliphatic rings. The highest BCUT2D eigenvalue weighted by Crippen LogP contribution is 2.24. The zero-order valence-corrected chi connectivity index (χ0v) is 12.4. The molecule has 0 saturated heterocycles. The van der Waals surface area contributed by atoms with Crippen LogP contribution >= 0.6 is 11.6 Å². The van der Waals surface area contributed by atoms with Crippen molar-refractivity contribution in [2.45, 2.75) is 63.9 Å². The molecule has 0 spiro atoms. The van der Waals surface area contributed by atoms with Crippen molar-refractivity contribution in [1.82, 2.24) is 0 Å². The molecule has 0 aromatic carbocycles. The van der Waals surface area contributed by atoms with E-state index in [1.54, 1.807) is 0 Å². The maximum Gasteiger partial charge on any atom is 0.0832 e. The molecule has 0 fully saturated rings. The minimum atomic E-state index is -0.254. The molecular weight excluding hydrogens is 232 g/mol. The van der Waals surface area contributed by atoms with Crippen LogP contribution in [0.4, 0.5) is 0 Å². The second-order valence-corrected chi connectivity index (χ2v) is 5.45. The van der Waals surface area contributed by atoms with Gasteiger partial charge in [0.15, 0.2) is 0 Å². The molecule has 1 nitrogen and oxygen atoms in total. The second kappa shape index (κ2) is 8.77. The normalized spacial score (nSPS) is 16.2. The first-order valence-corrected chi connectivity index (χ1v) is 6.96. The van der Waals surface area contributed by atoms with Crippen molar-refractivity contribution in [2.24, 2.45) is 0 Å². The molecule has 2 atom stereocenters. The number of halogens is 1. The Hall–Kier alpha value is -0.270. The largest absolute Gasteiger partial charge is 0.371 e. The fraction of sp³-hybridized carbons (Fsp3) is 0.733. The average Bonchev–Trinajstić information content (AvgIpc) is 2.31. The van der Waals surface area contributed by atoms with Gasteiger partial charge in [-0.3, -0.25) is 0 Å². The number of alkyl halides is 1. The molecule has 0 aromatic rings. The number of rotatable bonds is 10. The average molecular weight is 259 g/mol. The lowest BCUT2D eigenvalue weighted by molar-refractivity contribution is -0.00319. The van der Waals surface area contributed by atoms with E-state index in [9.17, 15) is 0 Å². The Morgan fingerprint density at radius 3 is 2.59 bits per heavy atom. The van der Waals surface area contributed by atoms with E-state index in [0.717, 1.165) is 31.4 Å². The van der Waals surface area contributed by atoms with Gasteiger partial charge in [0.05, 0.1) is 11.0 Å². The molecule has 0 N–H and O–H groups in total. The quantitative estimate of drug-likeness (QED) is 0.301. The lowest BCUT2D eigenvalue weighted by Gasteiger charge is -2.27. The Bertz CT molecular complexity index is 237. The molecule has 0 radical (unpaired) electrons. The predicted molar refractivity (Wildman–Crippen MR) is 77.8 cm³/mol. The highest BCUT2D eigenvalue weighted by Gasteiger charge is 2.22. The maximum absolute atomic E-state index is 6.17. The van der Waals surface area contributed by atoms with Gasteiger partial charge in [-0.1, -0.05) is 38.0 Å². The van der Waals surface area contributed by atoms with E-state index in [1.807, 2.05) is 13.0 Å². The van der Waals surface area contributed by atoms with Crippen LogP contribution in [0.25, 0.3) is 0 Å². The Kier molecular flexibility index (Phi) is 8.63. The third kappa shape index (κ3) is 7.62. The van der Waals surface area contributed by atoms with Crippen molar-refractivity contribution in [2.75, 3.05) is 6.61 Å². The summed E-state index contributed by atoms with van der Waals surface area (Å²) in [6.45, 7) is 14.8. The molecule has 0 amide bonds. The van der Waals surface area contributed by atoms with Crippen LogP contribution in [0.2, 0.25) is 0 Å². The van der Waals surface area contributed by atoms with Crippen molar-refractivity contribution in [3.8, 4) is 0 Å². The van der Waals surface area contributed by atoms with E-state index < -0.39 is 0 Å². The fourth-order valence-corrected chi connectivity index (χ4v) is 1.66. The van der Waals surface area contributed by atoms with Gasteiger partial charge in [-0.2, -0.15) is 0 Å². The lowest BCUT2D eigenvalue weighted by atomic mass is 9.97. The van der Waals surface area contributed by atoms with Gasteiger partial charge in [0.25, 0.3) is 0 Å². The molecule has 0 aliphatic heterocycles. The summed E-state index contributed by atoms with van der Waals surface area (Å²) < 4.78 is 5.90. The highest BCUT2D eigenvalue weighted by atomic mass is 35.5. The van der Waals surface area contributed by atoms with Crippen molar-refractivity contribution < 1.29 is 4.74 Å². The van der Waals surface area contributed by atoms with Crippen LogP contribution in [-0.2, 0) is 4.74 Å². The first-order valence-electron chi connectivity index (χ1n) is 6.52. The topological polar surface area (TPSA) is 9.23 Å². The van der Waals surface area contributed by atoms with Gasteiger partial charge < -0.3 is 4.74 Å². The standard InChI is InChI=1S/C15H27ClO/c1-6-8-9-12-17-15(5,7-2)11-10-14(16)13(3)4/h7,14H,2-3,6,8-12H2,1,4-5H3. The van der Waals surface area contributed by atoms with E-state index in [-0.39, 0.29) is 11.0 Å². The van der Waals surface area contributed by atoms with Gasteiger partial charge in [-0.05, 0) is 33.1 Å². The van der Waals surface area contributed by atoms with Crippen molar-refractivity contribution in [3.05, 3.63) is 24.8 Å². The summed E-state index contributed by atoms with van der Waals surface area (Å²) in [7, 11) is 0. The van der Waals surface area contributed by atoms with Gasteiger partial charge in [0, 0.05) is 6.61 Å². The Morgan fingerprint density at radius 1 is 1.47 bits per heavy atom. The minimum Gasteiger partial charge on any atom is -0.371 e. The van der Waals surface area contributed by atoms with Crippen molar-refractivity contribution >= 4 is 11.6 Å². The number of hydrogen-bond donors (Lipinski definition) is 0. The predicted octanol–water partition coefficient (Wildman–Crippen LogP) is 5.10. The van der Waals surface area contributed by atoms with E-state index >= 15 is 0 Å². The van der Waals surface area contributed by atoms with Crippen LogP contribution in [0.1, 0.15) is 52.9 Å². The van der Waals surface area contributed by atoms with Crippen LogP contribution in [0.3, 0.4) is 0 Å². The molecule has 0 heterocycles. The van der Waals surface area contributed by atoms with Gasteiger partial charge >= 0.3 is 0 Å². The molecule has 100 valence electrons. The van der Waals surface area contributed by atoms with E-state index in [0.29, 0.717) is 0 Å². The molecule has 0 aliphatic carbocycles. The highest BCUT2D eigenvalue weighted by molar-refractivity contribution is 6.22. The molecule has 0 saturated carbocycles. The number of ether oxygens (including phenoxy) is 1. The first-order chi connectivity index (χ1) is 7.95. The summed E-state index contributed by atoms with van der Waals surface area (Å²) in [5.74, 6) is 0. The molecule has 2 heteroatoms. The molecule has 0 bridgehead atoms. The third-order valence-corrected chi connectivity index (χ3v) is 3.63. The molecular formula is C15H27ClO. The number of unbranched alkanes of at least 4 members (excludes halogenated alkanes) is 2. The van der Waals surface area contributed by atoms with Gasteiger partial charge in [0.2, 0.25) is 0 Å². The van der Waals surface area contributed by atoms with Crippen LogP contribution in [0.5, 0.6) is 0 Å². The van der Waals surface area contributed by atoms with E-state index in [2.05, 4.69) is 27.0 Å². The summed E-state index contributed by atoms with van der Waals surface area (Å²) in [6, 6.07) is 0. The SMILES string of the molecule is C=CC(C)(CCC(Cl)C(=C)C)OCCCCC. The Morgan fingerprint density at radius 2 is 2.12 bits per heavy atom. The zero-order valence-electron chi connectivity index (χ0n) is 11.6. The van der Waals surface area contributed by atoms with E-state index in [1.165, 1.54) is 12.8 Å². The van der Waals surface area contributed by atoms with Crippen LogP contribution in [0, 0.1) is 0 Å². The number of allylic oxidation sites excluding steroid dienone is 1. The third-order valence-electron chi connectivity index (χ3n) is 3.04. The maximum atomic E-state index is 6.17. The summed E-state index contributed by atoms with van der Waals surface area (Å²) >= 11 is 6.17. The fourth-order valence-electron chi connectivity index (χ4n) is 1.55. The summed E-state index contributed by atoms with van der Waals surface area (Å²) in [4.78, 5) is 0. The van der Waals surface area contributed by atoms with Gasteiger partial charge in [-0.15, -0.1) is 18.2 Å². The van der Waals surface area contributed by atoms with Gasteiger partial charge in [0.1, 0.15) is 0 Å². The number of hydrogen-bond acceptors (Lipinski definition) is 1. The van der Waals surface area contributed by atoms with Gasteiger partial charge in [-0.25, -0.2) is 0 Å². The van der Waals surface area contributed by atoms with Crippen molar-refractivity contribution in [3.63, 3.8) is 0 Å². The smallest absolute Gasteiger partial charge is 0.0832 e. The Balaban J connectivity index is 4.00. The van der Waals surface area contributed by atoms with Crippen LogP contribution in [-0.4, -0.2) is 17.6 Å². The second-order valence-electron chi connectivity index (χ2n) is 4.92. The lowest BCUT2D eigenvalue weighted by Crippen LogP contribution is -2.27. The van der Waals surface area contributed by atoms with Crippen molar-refractivity contribution in [1.29, 1.82) is 0 Å². The monoisotopic (exact) mass is 258 g/mol. The molecule has 0 aromatic heterocycles. The Labute approximate surface area is 112 Å². The van der Waals surface area contributed by atoms with Crippen LogP contribution < -0.4 is 0 Å².